The molecule has 0 bridgehead atoms. The summed E-state index contributed by atoms with van der Waals surface area (Å²) >= 11 is 18.1. The van der Waals surface area contributed by atoms with Crippen LogP contribution in [0.4, 0.5) is 5.69 Å². The van der Waals surface area contributed by atoms with E-state index in [0.29, 0.717) is 37.8 Å². The molecule has 35 heavy (non-hydrogen) atoms. The maximum Gasteiger partial charge on any atom is 0.249 e. The minimum Gasteiger partial charge on any atom is -0.493 e. The number of anilines is 1. The fraction of sp³-hybridized carbons (Fsp3) is 0.160. The largest absolute Gasteiger partial charge is 0.493 e. The van der Waals surface area contributed by atoms with Crippen LogP contribution in [0, 0.1) is 6.92 Å². The first-order valence-electron chi connectivity index (χ1n) is 10.4. The zero-order chi connectivity index (χ0) is 25.4. The summed E-state index contributed by atoms with van der Waals surface area (Å²) in [5, 5.41) is 8.09. The van der Waals surface area contributed by atoms with Crippen LogP contribution in [0.15, 0.2) is 59.7 Å². The highest BCUT2D eigenvalue weighted by Crippen LogP contribution is 2.30. The SMILES string of the molecule is COc1cc(C=NNC(=O)CC(=O)Nc2ccc(C)c(Cl)c2)ccc1OCc1ccc(Cl)cc1Cl. The number of methoxy groups -OCH3 is 1. The number of hydrazone groups is 1. The molecule has 0 unspecified atom stereocenters. The summed E-state index contributed by atoms with van der Waals surface area (Å²) in [6, 6.07) is 15.4. The number of amides is 2. The number of hydrogen-bond acceptors (Lipinski definition) is 5. The number of benzene rings is 3. The van der Waals surface area contributed by atoms with Crippen LogP contribution in [-0.4, -0.2) is 25.1 Å². The molecule has 182 valence electrons. The lowest BCUT2D eigenvalue weighted by molar-refractivity contribution is -0.126. The summed E-state index contributed by atoms with van der Waals surface area (Å²) < 4.78 is 11.2. The molecule has 0 aromatic heterocycles. The van der Waals surface area contributed by atoms with E-state index in [0.717, 1.165) is 11.1 Å². The van der Waals surface area contributed by atoms with Crippen molar-refractivity contribution in [2.75, 3.05) is 12.4 Å². The second kappa shape index (κ2) is 12.4. The number of halogens is 3. The molecule has 0 saturated heterocycles. The van der Waals surface area contributed by atoms with Gasteiger partial charge in [-0.15, -0.1) is 0 Å². The van der Waals surface area contributed by atoms with Crippen LogP contribution >= 0.6 is 34.8 Å². The number of carbonyl (C=O) groups excluding carboxylic acids is 2. The fourth-order valence-corrected chi connectivity index (χ4v) is 3.56. The molecule has 3 aromatic carbocycles. The predicted octanol–water partition coefficient (Wildman–Crippen LogP) is 6.02. The first kappa shape index (κ1) is 26.3. The van der Waals surface area contributed by atoms with Gasteiger partial charge in [0.15, 0.2) is 11.5 Å². The number of aryl methyl sites for hydroxylation is 1. The smallest absolute Gasteiger partial charge is 0.249 e. The Hall–Kier alpha value is -3.26. The van der Waals surface area contributed by atoms with Gasteiger partial charge in [-0.05, 0) is 60.5 Å². The number of hydrogen-bond donors (Lipinski definition) is 2. The summed E-state index contributed by atoms with van der Waals surface area (Å²) in [6.45, 7) is 2.08. The lowest BCUT2D eigenvalue weighted by Gasteiger charge is -2.12. The van der Waals surface area contributed by atoms with Crippen LogP contribution in [0.1, 0.15) is 23.1 Å². The van der Waals surface area contributed by atoms with Gasteiger partial charge in [0.25, 0.3) is 0 Å². The highest BCUT2D eigenvalue weighted by Gasteiger charge is 2.11. The Balaban J connectivity index is 1.52. The molecule has 3 rings (SSSR count). The minimum atomic E-state index is -0.566. The van der Waals surface area contributed by atoms with Gasteiger partial charge in [-0.3, -0.25) is 9.59 Å². The topological polar surface area (TPSA) is 89.0 Å². The predicted molar refractivity (Wildman–Crippen MR) is 139 cm³/mol. The molecule has 2 N–H and O–H groups in total. The molecule has 0 heterocycles. The maximum absolute atomic E-state index is 12.1. The van der Waals surface area contributed by atoms with Gasteiger partial charge in [0, 0.05) is 26.3 Å². The van der Waals surface area contributed by atoms with Gasteiger partial charge in [-0.1, -0.05) is 46.9 Å². The highest BCUT2D eigenvalue weighted by atomic mass is 35.5. The number of nitrogens with one attached hydrogen (secondary N) is 2. The summed E-state index contributed by atoms with van der Waals surface area (Å²) in [5.74, 6) is -0.0700. The molecule has 0 aliphatic rings. The second-order valence-corrected chi connectivity index (χ2v) is 8.67. The monoisotopic (exact) mass is 533 g/mol. The Morgan fingerprint density at radius 1 is 0.943 bits per heavy atom. The van der Waals surface area contributed by atoms with E-state index in [9.17, 15) is 9.59 Å². The van der Waals surface area contributed by atoms with E-state index in [1.807, 2.05) is 6.92 Å². The van der Waals surface area contributed by atoms with Gasteiger partial charge in [0.1, 0.15) is 13.0 Å². The molecular formula is C25H22Cl3N3O4. The molecule has 3 aromatic rings. The van der Waals surface area contributed by atoms with E-state index in [1.165, 1.54) is 13.3 Å². The Morgan fingerprint density at radius 3 is 2.46 bits per heavy atom. The van der Waals surface area contributed by atoms with E-state index in [-0.39, 0.29) is 6.61 Å². The lowest BCUT2D eigenvalue weighted by Crippen LogP contribution is -2.24. The van der Waals surface area contributed by atoms with Crippen molar-refractivity contribution >= 4 is 58.5 Å². The Labute approximate surface area is 218 Å². The Morgan fingerprint density at radius 2 is 1.74 bits per heavy atom. The Kier molecular flexibility index (Phi) is 9.37. The van der Waals surface area contributed by atoms with Crippen molar-refractivity contribution in [3.63, 3.8) is 0 Å². The zero-order valence-electron chi connectivity index (χ0n) is 18.9. The highest BCUT2D eigenvalue weighted by molar-refractivity contribution is 6.35. The summed E-state index contributed by atoms with van der Waals surface area (Å²) in [5.41, 5.74) is 5.15. The van der Waals surface area contributed by atoms with Crippen molar-refractivity contribution in [3.05, 3.63) is 86.4 Å². The molecule has 2 amide bonds. The van der Waals surface area contributed by atoms with Crippen molar-refractivity contribution in [3.8, 4) is 11.5 Å². The van der Waals surface area contributed by atoms with Crippen molar-refractivity contribution in [2.45, 2.75) is 20.0 Å². The molecule has 0 saturated carbocycles. The van der Waals surface area contributed by atoms with Crippen LogP contribution in [0.5, 0.6) is 11.5 Å². The van der Waals surface area contributed by atoms with Crippen molar-refractivity contribution in [2.24, 2.45) is 5.10 Å². The van der Waals surface area contributed by atoms with Crippen LogP contribution in [0.3, 0.4) is 0 Å². The fourth-order valence-electron chi connectivity index (χ4n) is 2.92. The molecule has 10 heteroatoms. The number of rotatable bonds is 9. The van der Waals surface area contributed by atoms with Crippen molar-refractivity contribution in [1.82, 2.24) is 5.43 Å². The van der Waals surface area contributed by atoms with Crippen molar-refractivity contribution < 1.29 is 19.1 Å². The average molecular weight is 535 g/mol. The summed E-state index contributed by atoms with van der Waals surface area (Å²) in [6.07, 6.45) is 1.03. The molecule has 0 spiro atoms. The van der Waals surface area contributed by atoms with E-state index in [2.05, 4.69) is 15.8 Å². The molecule has 0 aliphatic heterocycles. The zero-order valence-corrected chi connectivity index (χ0v) is 21.2. The third-order valence-electron chi connectivity index (χ3n) is 4.77. The molecule has 0 atom stereocenters. The molecule has 0 fully saturated rings. The summed E-state index contributed by atoms with van der Waals surface area (Å²) in [7, 11) is 1.51. The molecule has 0 aliphatic carbocycles. The van der Waals surface area contributed by atoms with Gasteiger partial charge in [-0.25, -0.2) is 5.43 Å². The normalized spacial score (nSPS) is 10.8. The first-order valence-corrected chi connectivity index (χ1v) is 11.5. The first-order chi connectivity index (χ1) is 16.7. The summed E-state index contributed by atoms with van der Waals surface area (Å²) in [4.78, 5) is 24.1. The van der Waals surface area contributed by atoms with E-state index in [1.54, 1.807) is 54.6 Å². The van der Waals surface area contributed by atoms with E-state index < -0.39 is 18.2 Å². The van der Waals surface area contributed by atoms with Crippen LogP contribution < -0.4 is 20.2 Å². The third kappa shape index (κ3) is 7.89. The van der Waals surface area contributed by atoms with Gasteiger partial charge in [-0.2, -0.15) is 5.10 Å². The van der Waals surface area contributed by atoms with E-state index in [4.69, 9.17) is 44.3 Å². The number of nitrogens with zero attached hydrogens (tertiary/aromatic N) is 1. The van der Waals surface area contributed by atoms with Crippen LogP contribution in [0.2, 0.25) is 15.1 Å². The van der Waals surface area contributed by atoms with E-state index >= 15 is 0 Å². The van der Waals surface area contributed by atoms with Gasteiger partial charge in [0.05, 0.1) is 13.3 Å². The number of carbonyl (C=O) groups is 2. The standard InChI is InChI=1S/C25H22Cl3N3O4/c1-15-3-7-19(11-20(15)27)30-24(32)12-25(33)31-29-13-16-4-8-22(23(9-16)34-2)35-14-17-5-6-18(26)10-21(17)28/h3-11,13H,12,14H2,1-2H3,(H,30,32)(H,31,33). The van der Waals surface area contributed by atoms with Crippen molar-refractivity contribution in [1.29, 1.82) is 0 Å². The van der Waals surface area contributed by atoms with Gasteiger partial charge >= 0.3 is 0 Å². The maximum atomic E-state index is 12.1. The lowest BCUT2D eigenvalue weighted by atomic mass is 10.2. The minimum absolute atomic E-state index is 0.229. The van der Waals surface area contributed by atoms with Crippen LogP contribution in [-0.2, 0) is 16.2 Å². The molecular weight excluding hydrogens is 513 g/mol. The average Bonchev–Trinajstić information content (AvgIpc) is 2.81. The molecule has 7 nitrogen and oxygen atoms in total. The molecule has 0 radical (unpaired) electrons. The third-order valence-corrected chi connectivity index (χ3v) is 5.76. The Bertz CT molecular complexity index is 1260. The van der Waals surface area contributed by atoms with Gasteiger partial charge in [0.2, 0.25) is 11.8 Å². The second-order valence-electron chi connectivity index (χ2n) is 7.42. The number of ether oxygens (including phenoxy) is 2. The van der Waals surface area contributed by atoms with Crippen LogP contribution in [0.25, 0.3) is 0 Å². The quantitative estimate of drug-likeness (QED) is 0.200. The van der Waals surface area contributed by atoms with Gasteiger partial charge < -0.3 is 14.8 Å².